The first kappa shape index (κ1) is 32.2. The molecular weight excluding hydrogens is 623 g/mol. The number of ether oxygens (including phenoxy) is 5. The van der Waals surface area contributed by atoms with E-state index in [-0.39, 0.29) is 51.1 Å². The third-order valence-corrected chi connectivity index (χ3v) is 8.90. The van der Waals surface area contributed by atoms with E-state index >= 15 is 0 Å². The highest BCUT2D eigenvalue weighted by Crippen LogP contribution is 2.44. The molecule has 0 atom stereocenters. The normalized spacial score (nSPS) is 13.3. The maximum Gasteiger partial charge on any atom is 0.413 e. The number of carbonyl (C=O) groups is 2. The van der Waals surface area contributed by atoms with Crippen LogP contribution in [0.15, 0.2) is 53.4 Å². The average molecular weight is 654 g/mol. The molecule has 1 aliphatic rings. The molecule has 14 heteroatoms. The van der Waals surface area contributed by atoms with Crippen LogP contribution in [0.5, 0.6) is 28.7 Å². The summed E-state index contributed by atoms with van der Waals surface area (Å²) in [6, 6.07) is 12.2. The van der Waals surface area contributed by atoms with Gasteiger partial charge in [0.1, 0.15) is 34.4 Å². The summed E-state index contributed by atoms with van der Waals surface area (Å²) in [5.41, 5.74) is 0.867. The van der Waals surface area contributed by atoms with E-state index in [1.165, 1.54) is 36.7 Å². The second-order valence-electron chi connectivity index (χ2n) is 9.21. The Kier molecular flexibility index (Phi) is 10.6. The molecule has 1 fully saturated rings. The molecule has 0 spiro atoms. The number of carbonyl (C=O) groups excluding carboxylic acids is 2. The summed E-state index contributed by atoms with van der Waals surface area (Å²) in [6.45, 7) is 2.32. The third kappa shape index (κ3) is 7.63. The summed E-state index contributed by atoms with van der Waals surface area (Å²) in [6.07, 6.45) is 0.692. The first-order valence-corrected chi connectivity index (χ1v) is 15.4. The monoisotopic (exact) mass is 652 g/mol. The van der Waals surface area contributed by atoms with E-state index < -0.39 is 22.1 Å². The lowest BCUT2D eigenvalue weighted by Gasteiger charge is -2.19. The lowest BCUT2D eigenvalue weighted by atomic mass is 10.0. The van der Waals surface area contributed by atoms with Crippen molar-refractivity contribution in [3.05, 3.63) is 58.6 Å². The van der Waals surface area contributed by atoms with Gasteiger partial charge >= 0.3 is 12.1 Å². The number of rotatable bonds is 11. The van der Waals surface area contributed by atoms with Gasteiger partial charge in [0.25, 0.3) is 0 Å². The van der Waals surface area contributed by atoms with E-state index in [2.05, 4.69) is 5.32 Å². The Morgan fingerprint density at radius 1 is 0.907 bits per heavy atom. The lowest BCUT2D eigenvalue weighted by molar-refractivity contribution is -0.141. The van der Waals surface area contributed by atoms with Gasteiger partial charge < -0.3 is 29.0 Å². The van der Waals surface area contributed by atoms with Crippen molar-refractivity contribution in [1.29, 1.82) is 0 Å². The van der Waals surface area contributed by atoms with E-state index in [0.29, 0.717) is 30.0 Å². The summed E-state index contributed by atoms with van der Waals surface area (Å²) in [4.78, 5) is 23.9. The number of esters is 1. The quantitative estimate of drug-likeness (QED) is 0.251. The van der Waals surface area contributed by atoms with Crippen LogP contribution in [0.2, 0.25) is 10.0 Å². The summed E-state index contributed by atoms with van der Waals surface area (Å²) in [5.74, 6) is 0.435. The van der Waals surface area contributed by atoms with Gasteiger partial charge in [-0.05, 0) is 67.8 Å². The van der Waals surface area contributed by atoms with E-state index in [0.717, 1.165) is 12.8 Å². The lowest BCUT2D eigenvalue weighted by Crippen LogP contribution is -2.32. The summed E-state index contributed by atoms with van der Waals surface area (Å²) >= 11 is 13.2. The molecule has 1 N–H and O–H groups in total. The number of nitrogens with zero attached hydrogens (tertiary/aromatic N) is 1. The molecule has 230 valence electrons. The Hall–Kier alpha value is -3.71. The molecule has 11 nitrogen and oxygen atoms in total. The average Bonchev–Trinajstić information content (AvgIpc) is 3.54. The van der Waals surface area contributed by atoms with Gasteiger partial charge in [-0.3, -0.25) is 4.79 Å². The number of sulfonamides is 1. The van der Waals surface area contributed by atoms with Crippen molar-refractivity contribution in [3.63, 3.8) is 0 Å². The van der Waals surface area contributed by atoms with Gasteiger partial charge in [-0.15, -0.1) is 0 Å². The minimum Gasteiger partial charge on any atom is -0.497 e. The second-order valence-corrected chi connectivity index (χ2v) is 11.9. The maximum atomic E-state index is 13.3. The number of methoxy groups -OCH3 is 2. The third-order valence-electron chi connectivity index (χ3n) is 6.42. The predicted molar refractivity (Wildman–Crippen MR) is 160 cm³/mol. The van der Waals surface area contributed by atoms with Crippen LogP contribution in [0.1, 0.15) is 19.8 Å². The van der Waals surface area contributed by atoms with Gasteiger partial charge in [-0.25, -0.2) is 13.2 Å². The Bertz CT molecular complexity index is 1590. The summed E-state index contributed by atoms with van der Waals surface area (Å²) in [7, 11) is -0.938. The Morgan fingerprint density at radius 2 is 1.56 bits per heavy atom. The van der Waals surface area contributed by atoms with Crippen molar-refractivity contribution in [3.8, 4) is 39.9 Å². The highest BCUT2D eigenvalue weighted by atomic mass is 35.5. The molecule has 0 bridgehead atoms. The molecule has 3 aromatic rings. The van der Waals surface area contributed by atoms with Crippen LogP contribution in [-0.2, 0) is 19.6 Å². The first-order chi connectivity index (χ1) is 20.6. The molecule has 0 unspecified atom stereocenters. The van der Waals surface area contributed by atoms with Crippen LogP contribution in [-0.4, -0.2) is 65.2 Å². The van der Waals surface area contributed by atoms with Crippen molar-refractivity contribution in [2.75, 3.05) is 40.5 Å². The molecule has 1 amide bonds. The molecule has 0 aromatic heterocycles. The molecule has 3 aromatic carbocycles. The molecule has 1 heterocycles. The minimum absolute atomic E-state index is 0.0299. The van der Waals surface area contributed by atoms with Crippen molar-refractivity contribution in [1.82, 2.24) is 9.62 Å². The fraction of sp³-hybridized carbons (Fsp3) is 0.310. The molecule has 1 saturated heterocycles. The van der Waals surface area contributed by atoms with Crippen LogP contribution < -0.4 is 24.3 Å². The maximum absolute atomic E-state index is 13.3. The minimum atomic E-state index is -3.81. The van der Waals surface area contributed by atoms with Crippen LogP contribution in [0, 0.1) is 0 Å². The SMILES string of the molecule is CCOC(=O)CNC(=O)Oc1ccc(OC)cc1-c1cc(Cl)c(Oc2ccc(OC)c(S(=O)(=O)N3CCCC3)c2)c(Cl)c1. The number of nitrogens with one attached hydrogen (secondary N) is 1. The molecule has 0 radical (unpaired) electrons. The van der Waals surface area contributed by atoms with Crippen LogP contribution in [0.4, 0.5) is 4.79 Å². The predicted octanol–water partition coefficient (Wildman–Crippen LogP) is 5.91. The molecule has 0 aliphatic carbocycles. The molecule has 4 rings (SSSR count). The Balaban J connectivity index is 1.63. The van der Waals surface area contributed by atoms with E-state index in [4.69, 9.17) is 46.9 Å². The number of halogens is 2. The standard InChI is InChI=1S/C29H30Cl2N2O9S/c1-4-40-27(34)17-32-29(35)42-24-9-7-19(38-2)15-21(24)18-13-22(30)28(23(31)14-18)41-20-8-10-25(39-3)26(16-20)43(36,37)33-11-5-6-12-33/h7-10,13-16H,4-6,11-12,17H2,1-3H3,(H,32,35). The zero-order chi connectivity index (χ0) is 31.1. The van der Waals surface area contributed by atoms with E-state index in [1.807, 2.05) is 0 Å². The van der Waals surface area contributed by atoms with Gasteiger partial charge in [-0.2, -0.15) is 4.31 Å². The highest BCUT2D eigenvalue weighted by Gasteiger charge is 2.30. The Morgan fingerprint density at radius 3 is 2.19 bits per heavy atom. The van der Waals surface area contributed by atoms with Crippen molar-refractivity contribution >= 4 is 45.3 Å². The van der Waals surface area contributed by atoms with Crippen molar-refractivity contribution < 1.29 is 41.7 Å². The number of amides is 1. The van der Waals surface area contributed by atoms with Gasteiger partial charge in [0.15, 0.2) is 5.75 Å². The summed E-state index contributed by atoms with van der Waals surface area (Å²) in [5, 5.41) is 2.53. The first-order valence-electron chi connectivity index (χ1n) is 13.2. The van der Waals surface area contributed by atoms with Crippen LogP contribution in [0.3, 0.4) is 0 Å². The smallest absolute Gasteiger partial charge is 0.413 e. The zero-order valence-electron chi connectivity index (χ0n) is 23.6. The molecule has 1 aliphatic heterocycles. The van der Waals surface area contributed by atoms with Gasteiger partial charge in [0.05, 0.1) is 30.9 Å². The largest absolute Gasteiger partial charge is 0.497 e. The number of benzene rings is 3. The van der Waals surface area contributed by atoms with Crippen molar-refractivity contribution in [2.24, 2.45) is 0 Å². The van der Waals surface area contributed by atoms with E-state index in [9.17, 15) is 18.0 Å². The Labute approximate surface area is 259 Å². The fourth-order valence-corrected chi connectivity index (χ4v) is 6.62. The topological polar surface area (TPSA) is 130 Å². The number of hydrogen-bond acceptors (Lipinski definition) is 9. The molecular formula is C29H30Cl2N2O9S. The van der Waals surface area contributed by atoms with Crippen LogP contribution in [0.25, 0.3) is 11.1 Å². The fourth-order valence-electron chi connectivity index (χ4n) is 4.36. The molecule has 0 saturated carbocycles. The van der Waals surface area contributed by atoms with Gasteiger partial charge in [-0.1, -0.05) is 23.2 Å². The molecule has 43 heavy (non-hydrogen) atoms. The van der Waals surface area contributed by atoms with Crippen LogP contribution >= 0.6 is 23.2 Å². The summed E-state index contributed by atoms with van der Waals surface area (Å²) < 4.78 is 54.8. The van der Waals surface area contributed by atoms with Crippen molar-refractivity contribution in [2.45, 2.75) is 24.7 Å². The number of hydrogen-bond donors (Lipinski definition) is 1. The highest BCUT2D eigenvalue weighted by molar-refractivity contribution is 7.89. The van der Waals surface area contributed by atoms with Gasteiger partial charge in [0, 0.05) is 24.7 Å². The van der Waals surface area contributed by atoms with Gasteiger partial charge in [0.2, 0.25) is 10.0 Å². The van der Waals surface area contributed by atoms with E-state index in [1.54, 1.807) is 37.3 Å². The zero-order valence-corrected chi connectivity index (χ0v) is 26.0. The second kappa shape index (κ2) is 14.2.